The van der Waals surface area contributed by atoms with Crippen molar-refractivity contribution in [2.24, 2.45) is 5.41 Å². The van der Waals surface area contributed by atoms with E-state index in [9.17, 15) is 4.79 Å². The lowest BCUT2D eigenvalue weighted by Crippen LogP contribution is -2.35. The fourth-order valence-corrected chi connectivity index (χ4v) is 2.78. The molecule has 0 aliphatic heterocycles. The minimum atomic E-state index is -0.0287. The van der Waals surface area contributed by atoms with Crippen molar-refractivity contribution >= 4 is 5.91 Å². The van der Waals surface area contributed by atoms with Gasteiger partial charge in [0, 0.05) is 25.2 Å². The summed E-state index contributed by atoms with van der Waals surface area (Å²) in [5.74, 6) is -0.0287. The molecule has 0 radical (unpaired) electrons. The summed E-state index contributed by atoms with van der Waals surface area (Å²) in [4.78, 5) is 11.5. The predicted molar refractivity (Wildman–Crippen MR) is 82.7 cm³/mol. The molecule has 3 nitrogen and oxygen atoms in total. The summed E-state index contributed by atoms with van der Waals surface area (Å²) in [6, 6.07) is 8.48. The van der Waals surface area contributed by atoms with Gasteiger partial charge in [0.2, 0.25) is 0 Å². The molecule has 1 aromatic rings. The number of nitrogens with one attached hydrogen (secondary N) is 2. The van der Waals surface area contributed by atoms with Crippen molar-refractivity contribution in [3.05, 3.63) is 35.4 Å². The molecule has 0 spiro atoms. The maximum Gasteiger partial charge on any atom is 0.251 e. The highest BCUT2D eigenvalue weighted by atomic mass is 16.1. The summed E-state index contributed by atoms with van der Waals surface area (Å²) in [6.45, 7) is 5.61. The number of rotatable bonds is 4. The van der Waals surface area contributed by atoms with Crippen molar-refractivity contribution in [2.75, 3.05) is 7.05 Å². The van der Waals surface area contributed by atoms with Gasteiger partial charge in [-0.05, 0) is 48.8 Å². The maximum absolute atomic E-state index is 11.5. The van der Waals surface area contributed by atoms with Crippen molar-refractivity contribution in [2.45, 2.75) is 52.1 Å². The van der Waals surface area contributed by atoms with E-state index in [0.29, 0.717) is 11.5 Å². The van der Waals surface area contributed by atoms with Crippen molar-refractivity contribution in [1.29, 1.82) is 0 Å². The summed E-state index contributed by atoms with van der Waals surface area (Å²) in [7, 11) is 1.66. The van der Waals surface area contributed by atoms with Crippen LogP contribution in [0.25, 0.3) is 0 Å². The third-order valence-corrected chi connectivity index (χ3v) is 4.38. The molecule has 1 amide bonds. The highest BCUT2D eigenvalue weighted by molar-refractivity contribution is 5.93. The molecular weight excluding hydrogens is 248 g/mol. The zero-order valence-corrected chi connectivity index (χ0v) is 12.8. The Labute approximate surface area is 122 Å². The Bertz CT molecular complexity index is 441. The van der Waals surface area contributed by atoms with Gasteiger partial charge in [0.25, 0.3) is 5.91 Å². The minimum Gasteiger partial charge on any atom is -0.355 e. The van der Waals surface area contributed by atoms with Crippen LogP contribution in [0.5, 0.6) is 0 Å². The van der Waals surface area contributed by atoms with E-state index >= 15 is 0 Å². The molecule has 20 heavy (non-hydrogen) atoms. The first kappa shape index (κ1) is 15.0. The molecule has 0 saturated heterocycles. The Morgan fingerprint density at radius 1 is 1.20 bits per heavy atom. The van der Waals surface area contributed by atoms with Gasteiger partial charge in [-0.15, -0.1) is 0 Å². The fraction of sp³-hybridized carbons (Fsp3) is 0.588. The van der Waals surface area contributed by atoms with Gasteiger partial charge < -0.3 is 10.6 Å². The average molecular weight is 274 g/mol. The normalized spacial score (nSPS) is 18.8. The first-order valence-electron chi connectivity index (χ1n) is 7.54. The van der Waals surface area contributed by atoms with E-state index in [1.807, 2.05) is 24.3 Å². The highest BCUT2D eigenvalue weighted by Crippen LogP contribution is 2.35. The molecule has 110 valence electrons. The second-order valence-corrected chi connectivity index (χ2v) is 6.60. The van der Waals surface area contributed by atoms with Gasteiger partial charge >= 0.3 is 0 Å². The molecule has 0 aromatic heterocycles. The van der Waals surface area contributed by atoms with Gasteiger partial charge in [-0.1, -0.05) is 26.0 Å². The molecule has 1 aromatic carbocycles. The van der Waals surface area contributed by atoms with Crippen LogP contribution in [0, 0.1) is 5.41 Å². The molecule has 1 aliphatic carbocycles. The van der Waals surface area contributed by atoms with Crippen LogP contribution in [0.1, 0.15) is 55.5 Å². The first-order valence-corrected chi connectivity index (χ1v) is 7.54. The van der Waals surface area contributed by atoms with Gasteiger partial charge in [-0.25, -0.2) is 0 Å². The molecular formula is C17H26N2O. The van der Waals surface area contributed by atoms with E-state index < -0.39 is 0 Å². The molecule has 0 atom stereocenters. The summed E-state index contributed by atoms with van der Waals surface area (Å²) in [5, 5.41) is 6.28. The van der Waals surface area contributed by atoms with Crippen LogP contribution in [-0.2, 0) is 6.54 Å². The lowest BCUT2D eigenvalue weighted by molar-refractivity contribution is 0.0963. The van der Waals surface area contributed by atoms with E-state index in [0.717, 1.165) is 12.1 Å². The predicted octanol–water partition coefficient (Wildman–Crippen LogP) is 3.10. The van der Waals surface area contributed by atoms with Crippen molar-refractivity contribution in [1.82, 2.24) is 10.6 Å². The van der Waals surface area contributed by atoms with Gasteiger partial charge in [0.1, 0.15) is 0 Å². The van der Waals surface area contributed by atoms with Crippen LogP contribution >= 0.6 is 0 Å². The first-order chi connectivity index (χ1) is 9.50. The molecule has 1 aliphatic rings. The number of hydrogen-bond donors (Lipinski definition) is 2. The second kappa shape index (κ2) is 6.40. The van der Waals surface area contributed by atoms with Crippen LogP contribution in [0.4, 0.5) is 0 Å². The van der Waals surface area contributed by atoms with Crippen molar-refractivity contribution in [3.63, 3.8) is 0 Å². The number of amides is 1. The third kappa shape index (κ3) is 4.07. The zero-order valence-electron chi connectivity index (χ0n) is 12.8. The standard InChI is InChI=1S/C17H26N2O/c1-17(2)10-8-15(9-11-17)19-12-13-4-6-14(7-5-13)16(20)18-3/h4-7,15,19H,8-12H2,1-3H3,(H,18,20). The molecule has 0 heterocycles. The van der Waals surface area contributed by atoms with Crippen molar-refractivity contribution < 1.29 is 4.79 Å². The highest BCUT2D eigenvalue weighted by Gasteiger charge is 2.26. The van der Waals surface area contributed by atoms with E-state index in [1.165, 1.54) is 31.2 Å². The molecule has 2 N–H and O–H groups in total. The number of carbonyl (C=O) groups excluding carboxylic acids is 1. The van der Waals surface area contributed by atoms with Crippen molar-refractivity contribution in [3.8, 4) is 0 Å². The Morgan fingerprint density at radius 2 is 1.80 bits per heavy atom. The minimum absolute atomic E-state index is 0.0287. The monoisotopic (exact) mass is 274 g/mol. The topological polar surface area (TPSA) is 41.1 Å². The Kier molecular flexibility index (Phi) is 4.81. The third-order valence-electron chi connectivity index (χ3n) is 4.38. The van der Waals surface area contributed by atoms with Crippen LogP contribution in [0.3, 0.4) is 0 Å². The van der Waals surface area contributed by atoms with Crippen LogP contribution in [-0.4, -0.2) is 19.0 Å². The largest absolute Gasteiger partial charge is 0.355 e. The smallest absolute Gasteiger partial charge is 0.251 e. The summed E-state index contributed by atoms with van der Waals surface area (Å²) in [6.07, 6.45) is 5.15. The number of carbonyl (C=O) groups is 1. The molecule has 2 rings (SSSR count). The molecule has 0 unspecified atom stereocenters. The molecule has 0 bridgehead atoms. The molecule has 1 fully saturated rings. The SMILES string of the molecule is CNC(=O)c1ccc(CNC2CCC(C)(C)CC2)cc1. The zero-order chi connectivity index (χ0) is 14.6. The summed E-state index contributed by atoms with van der Waals surface area (Å²) < 4.78 is 0. The number of hydrogen-bond acceptors (Lipinski definition) is 2. The van der Waals surface area contributed by atoms with Gasteiger partial charge in [0.15, 0.2) is 0 Å². The van der Waals surface area contributed by atoms with Crippen LogP contribution in [0.15, 0.2) is 24.3 Å². The fourth-order valence-electron chi connectivity index (χ4n) is 2.78. The van der Waals surface area contributed by atoms with Gasteiger partial charge in [-0.2, -0.15) is 0 Å². The van der Waals surface area contributed by atoms with E-state index in [4.69, 9.17) is 0 Å². The van der Waals surface area contributed by atoms with E-state index in [2.05, 4.69) is 24.5 Å². The Hall–Kier alpha value is -1.35. The van der Waals surface area contributed by atoms with Gasteiger partial charge in [0.05, 0.1) is 0 Å². The maximum atomic E-state index is 11.5. The van der Waals surface area contributed by atoms with Crippen LogP contribution < -0.4 is 10.6 Å². The number of benzene rings is 1. The lowest BCUT2D eigenvalue weighted by atomic mass is 9.75. The Balaban J connectivity index is 1.81. The quantitative estimate of drug-likeness (QED) is 0.886. The average Bonchev–Trinajstić information content (AvgIpc) is 2.46. The van der Waals surface area contributed by atoms with E-state index in [-0.39, 0.29) is 5.91 Å². The Morgan fingerprint density at radius 3 is 2.35 bits per heavy atom. The lowest BCUT2D eigenvalue weighted by Gasteiger charge is -2.34. The molecule has 1 saturated carbocycles. The second-order valence-electron chi connectivity index (χ2n) is 6.60. The van der Waals surface area contributed by atoms with E-state index in [1.54, 1.807) is 7.05 Å². The summed E-state index contributed by atoms with van der Waals surface area (Å²) >= 11 is 0. The van der Waals surface area contributed by atoms with Crippen LogP contribution in [0.2, 0.25) is 0 Å². The molecule has 3 heteroatoms. The van der Waals surface area contributed by atoms with Gasteiger partial charge in [-0.3, -0.25) is 4.79 Å². The summed E-state index contributed by atoms with van der Waals surface area (Å²) in [5.41, 5.74) is 2.48.